The molecule has 2 unspecified atom stereocenters. The third-order valence-electron chi connectivity index (χ3n) is 5.00. The van der Waals surface area contributed by atoms with Crippen molar-refractivity contribution in [3.8, 4) is 0 Å². The third kappa shape index (κ3) is 6.23. The first-order valence-corrected chi connectivity index (χ1v) is 9.25. The smallest absolute Gasteiger partial charge is 0.251 e. The fourth-order valence-electron chi connectivity index (χ4n) is 3.37. The topological polar surface area (TPSA) is 66.4 Å². The van der Waals surface area contributed by atoms with Crippen LogP contribution in [-0.2, 0) is 14.3 Å². The van der Waals surface area contributed by atoms with E-state index in [1.807, 2.05) is 4.90 Å². The van der Waals surface area contributed by atoms with E-state index in [-0.39, 0.29) is 47.5 Å². The Kier molecular flexibility index (Phi) is 9.60. The summed E-state index contributed by atoms with van der Waals surface area (Å²) in [6, 6.07) is 0. The third-order valence-corrected chi connectivity index (χ3v) is 5.00. The maximum atomic E-state index is 12.4. The molecular weight excluding hydrogens is 447 g/mol. The minimum absolute atomic E-state index is 0. The number of nitrogens with zero attached hydrogens (tertiary/aromatic N) is 3. The Labute approximate surface area is 174 Å². The number of amides is 1. The van der Waals surface area contributed by atoms with Gasteiger partial charge in [-0.25, -0.2) is 0 Å². The Balaban J connectivity index is 0.00000338. The van der Waals surface area contributed by atoms with Gasteiger partial charge >= 0.3 is 0 Å². The lowest BCUT2D eigenvalue weighted by Gasteiger charge is -2.38. The van der Waals surface area contributed by atoms with Crippen LogP contribution < -0.4 is 5.32 Å². The first-order valence-electron chi connectivity index (χ1n) is 9.25. The Morgan fingerprint density at radius 3 is 2.35 bits per heavy atom. The number of rotatable bonds is 4. The lowest BCUT2D eigenvalue weighted by Crippen LogP contribution is -2.56. The van der Waals surface area contributed by atoms with Crippen LogP contribution in [0.2, 0.25) is 0 Å². The lowest BCUT2D eigenvalue weighted by atomic mass is 9.89. The maximum Gasteiger partial charge on any atom is 0.251 e. The summed E-state index contributed by atoms with van der Waals surface area (Å²) in [7, 11) is 3.54. The van der Waals surface area contributed by atoms with Gasteiger partial charge in [-0.15, -0.1) is 24.0 Å². The van der Waals surface area contributed by atoms with Crippen molar-refractivity contribution in [3.63, 3.8) is 0 Å². The standard InChI is InChI=1S/C18H34N4O3.HI/c1-18(2,3)15(24-5)13-20-17(19-4)22-10-8-21(9-11-22)16(23)14-7-6-12-25-14;/h14-15H,6-13H2,1-5H3,(H,19,20);1H. The second kappa shape index (κ2) is 10.7. The molecule has 0 aromatic heterocycles. The van der Waals surface area contributed by atoms with E-state index in [1.165, 1.54) is 0 Å². The van der Waals surface area contributed by atoms with Crippen molar-refractivity contribution in [3.05, 3.63) is 0 Å². The number of hydrogen-bond donors (Lipinski definition) is 1. The fourth-order valence-corrected chi connectivity index (χ4v) is 3.37. The average molecular weight is 482 g/mol. The van der Waals surface area contributed by atoms with E-state index in [9.17, 15) is 4.79 Å². The summed E-state index contributed by atoms with van der Waals surface area (Å²) in [5.41, 5.74) is 0.0625. The molecule has 2 aliphatic rings. The zero-order chi connectivity index (χ0) is 18.4. The molecule has 2 rings (SSSR count). The summed E-state index contributed by atoms with van der Waals surface area (Å²) in [5, 5.41) is 3.42. The number of halogens is 1. The molecule has 2 fully saturated rings. The van der Waals surface area contributed by atoms with E-state index in [1.54, 1.807) is 14.2 Å². The predicted octanol–water partition coefficient (Wildman–Crippen LogP) is 1.56. The van der Waals surface area contributed by atoms with Crippen LogP contribution in [0, 0.1) is 5.41 Å². The fraction of sp³-hybridized carbons (Fsp3) is 0.889. The minimum Gasteiger partial charge on any atom is -0.379 e. The number of piperazine rings is 1. The number of nitrogens with one attached hydrogen (secondary N) is 1. The molecule has 0 aromatic rings. The first-order chi connectivity index (χ1) is 11.9. The second-order valence-electron chi connectivity index (χ2n) is 7.83. The summed E-state index contributed by atoms with van der Waals surface area (Å²) in [5.74, 6) is 1.02. The van der Waals surface area contributed by atoms with Crippen molar-refractivity contribution in [1.82, 2.24) is 15.1 Å². The van der Waals surface area contributed by atoms with E-state index in [2.05, 4.69) is 36.0 Å². The lowest BCUT2D eigenvalue weighted by molar-refractivity contribution is -0.142. The highest BCUT2D eigenvalue weighted by molar-refractivity contribution is 14.0. The summed E-state index contributed by atoms with van der Waals surface area (Å²) < 4.78 is 11.1. The average Bonchev–Trinajstić information content (AvgIpc) is 3.12. The van der Waals surface area contributed by atoms with Crippen LogP contribution >= 0.6 is 24.0 Å². The molecule has 0 aromatic carbocycles. The number of carbonyl (C=O) groups excluding carboxylic acids is 1. The Morgan fingerprint density at radius 2 is 1.88 bits per heavy atom. The molecule has 0 aliphatic carbocycles. The number of ether oxygens (including phenoxy) is 2. The molecule has 2 atom stereocenters. The molecule has 0 radical (unpaired) electrons. The van der Waals surface area contributed by atoms with Gasteiger partial charge in [0, 0.05) is 53.5 Å². The van der Waals surface area contributed by atoms with Gasteiger partial charge in [-0.05, 0) is 18.3 Å². The van der Waals surface area contributed by atoms with Gasteiger partial charge in [0.15, 0.2) is 5.96 Å². The molecule has 8 heteroatoms. The SMILES string of the molecule is CN=C(NCC(OC)C(C)(C)C)N1CCN(C(=O)C2CCCO2)CC1.I. The van der Waals surface area contributed by atoms with Crippen LogP contribution in [0.3, 0.4) is 0 Å². The Morgan fingerprint density at radius 1 is 1.27 bits per heavy atom. The van der Waals surface area contributed by atoms with Crippen LogP contribution in [-0.4, -0.2) is 87.4 Å². The second-order valence-corrected chi connectivity index (χ2v) is 7.83. The zero-order valence-electron chi connectivity index (χ0n) is 16.8. The molecule has 0 spiro atoms. The first kappa shape index (κ1) is 23.4. The van der Waals surface area contributed by atoms with Crippen LogP contribution in [0.15, 0.2) is 4.99 Å². The molecule has 1 N–H and O–H groups in total. The highest BCUT2D eigenvalue weighted by atomic mass is 127. The molecule has 1 amide bonds. The van der Waals surface area contributed by atoms with Gasteiger partial charge in [-0.2, -0.15) is 0 Å². The minimum atomic E-state index is -0.224. The van der Waals surface area contributed by atoms with Gasteiger partial charge in [0.25, 0.3) is 5.91 Å². The van der Waals surface area contributed by atoms with E-state index in [0.29, 0.717) is 26.2 Å². The summed E-state index contributed by atoms with van der Waals surface area (Å²) >= 11 is 0. The largest absolute Gasteiger partial charge is 0.379 e. The van der Waals surface area contributed by atoms with Crippen LogP contribution in [0.25, 0.3) is 0 Å². The molecule has 0 bridgehead atoms. The molecule has 7 nitrogen and oxygen atoms in total. The van der Waals surface area contributed by atoms with Gasteiger partial charge in [-0.1, -0.05) is 20.8 Å². The summed E-state index contributed by atoms with van der Waals surface area (Å²) in [6.45, 7) is 10.9. The zero-order valence-corrected chi connectivity index (χ0v) is 19.1. The van der Waals surface area contributed by atoms with Crippen LogP contribution in [0.5, 0.6) is 0 Å². The van der Waals surface area contributed by atoms with Gasteiger partial charge in [-0.3, -0.25) is 9.79 Å². The maximum absolute atomic E-state index is 12.4. The quantitative estimate of drug-likeness (QED) is 0.375. The van der Waals surface area contributed by atoms with Crippen LogP contribution in [0.1, 0.15) is 33.6 Å². The number of methoxy groups -OCH3 is 1. The number of carbonyl (C=O) groups is 1. The number of hydrogen-bond acceptors (Lipinski definition) is 4. The normalized spacial score (nSPS) is 22.8. The van der Waals surface area contributed by atoms with Gasteiger partial charge in [0.1, 0.15) is 6.10 Å². The van der Waals surface area contributed by atoms with E-state index >= 15 is 0 Å². The number of guanidine groups is 1. The van der Waals surface area contributed by atoms with Gasteiger partial charge in [0.05, 0.1) is 6.10 Å². The van der Waals surface area contributed by atoms with Crippen molar-refractivity contribution in [2.24, 2.45) is 10.4 Å². The van der Waals surface area contributed by atoms with Crippen molar-refractivity contribution in [2.75, 3.05) is 53.5 Å². The predicted molar refractivity (Wildman–Crippen MR) is 114 cm³/mol. The van der Waals surface area contributed by atoms with Crippen molar-refractivity contribution in [2.45, 2.75) is 45.8 Å². The van der Waals surface area contributed by atoms with Gasteiger partial charge in [0.2, 0.25) is 0 Å². The molecule has 2 aliphatic heterocycles. The summed E-state index contributed by atoms with van der Waals surface area (Å²) in [6.07, 6.45) is 1.72. The molecule has 152 valence electrons. The highest BCUT2D eigenvalue weighted by Crippen LogP contribution is 2.21. The molecule has 2 heterocycles. The van der Waals surface area contributed by atoms with Crippen molar-refractivity contribution in [1.29, 1.82) is 0 Å². The number of aliphatic imine (C=N–C) groups is 1. The monoisotopic (exact) mass is 482 g/mol. The van der Waals surface area contributed by atoms with Crippen LogP contribution in [0.4, 0.5) is 0 Å². The van der Waals surface area contributed by atoms with Crippen molar-refractivity contribution < 1.29 is 14.3 Å². The Hall–Kier alpha value is -0.610. The molecule has 0 saturated carbocycles. The van der Waals surface area contributed by atoms with E-state index in [4.69, 9.17) is 9.47 Å². The van der Waals surface area contributed by atoms with Gasteiger partial charge < -0.3 is 24.6 Å². The molecular formula is C18H35IN4O3. The van der Waals surface area contributed by atoms with Crippen molar-refractivity contribution >= 4 is 35.8 Å². The Bertz CT molecular complexity index is 468. The van der Waals surface area contributed by atoms with E-state index < -0.39 is 0 Å². The highest BCUT2D eigenvalue weighted by Gasteiger charge is 2.31. The molecule has 26 heavy (non-hydrogen) atoms. The molecule has 2 saturated heterocycles. The summed E-state index contributed by atoms with van der Waals surface area (Å²) in [4.78, 5) is 21.0. The van der Waals surface area contributed by atoms with E-state index in [0.717, 1.165) is 31.9 Å².